The van der Waals surface area contributed by atoms with Gasteiger partial charge in [0.2, 0.25) is 5.95 Å². The standard InChI is InChI=1S/C23H17F3N6O/c1-11-2-5-18(14-6-13(25)7-15(26)20(11)14)32-21-17(29-23(32)33)9-27-22(30-21)31-10-28-16-4-3-12(24)8-19(16)31/h3-4,6-11,18H,2,5H2,1H3,(H,29,33)/t11-,18-/m1/s1. The molecule has 1 aliphatic carbocycles. The van der Waals surface area contributed by atoms with E-state index < -0.39 is 29.2 Å². The first-order valence-corrected chi connectivity index (χ1v) is 10.5. The number of aromatic nitrogens is 6. The molecule has 0 unspecified atom stereocenters. The summed E-state index contributed by atoms with van der Waals surface area (Å²) in [5.41, 5.74) is 2.11. The maximum atomic E-state index is 14.6. The van der Waals surface area contributed by atoms with Crippen molar-refractivity contribution in [3.8, 4) is 5.95 Å². The molecule has 0 spiro atoms. The van der Waals surface area contributed by atoms with E-state index in [1.807, 2.05) is 6.92 Å². The van der Waals surface area contributed by atoms with Gasteiger partial charge in [0.25, 0.3) is 0 Å². The minimum absolute atomic E-state index is 0.102. The molecule has 6 rings (SSSR count). The first kappa shape index (κ1) is 19.7. The van der Waals surface area contributed by atoms with Gasteiger partial charge in [-0.2, -0.15) is 4.98 Å². The fourth-order valence-corrected chi connectivity index (χ4v) is 4.83. The molecular formula is C23H17F3N6O. The van der Waals surface area contributed by atoms with Crippen LogP contribution in [0.4, 0.5) is 13.2 Å². The van der Waals surface area contributed by atoms with Crippen LogP contribution in [0.5, 0.6) is 0 Å². The molecule has 0 aliphatic heterocycles. The largest absolute Gasteiger partial charge is 0.328 e. The Morgan fingerprint density at radius 2 is 1.91 bits per heavy atom. The fraction of sp³-hybridized carbons (Fsp3) is 0.217. The molecule has 2 atom stereocenters. The third-order valence-electron chi connectivity index (χ3n) is 6.33. The van der Waals surface area contributed by atoms with E-state index in [1.54, 1.807) is 6.07 Å². The number of nitrogens with one attached hydrogen (secondary N) is 1. The van der Waals surface area contributed by atoms with Crippen LogP contribution < -0.4 is 5.69 Å². The van der Waals surface area contributed by atoms with Gasteiger partial charge in [0.05, 0.1) is 23.3 Å². The van der Waals surface area contributed by atoms with Gasteiger partial charge in [0.15, 0.2) is 5.65 Å². The Morgan fingerprint density at radius 3 is 2.76 bits per heavy atom. The van der Waals surface area contributed by atoms with Crippen molar-refractivity contribution >= 4 is 22.2 Å². The van der Waals surface area contributed by atoms with Crippen molar-refractivity contribution in [2.75, 3.05) is 0 Å². The molecule has 0 bridgehead atoms. The Kier molecular flexibility index (Phi) is 4.20. The number of halogens is 3. The predicted molar refractivity (Wildman–Crippen MR) is 115 cm³/mol. The lowest BCUT2D eigenvalue weighted by atomic mass is 9.80. The zero-order valence-corrected chi connectivity index (χ0v) is 17.4. The van der Waals surface area contributed by atoms with Crippen LogP contribution in [0.3, 0.4) is 0 Å². The monoisotopic (exact) mass is 450 g/mol. The van der Waals surface area contributed by atoms with E-state index >= 15 is 0 Å². The molecule has 0 radical (unpaired) electrons. The highest BCUT2D eigenvalue weighted by Crippen LogP contribution is 2.41. The molecule has 166 valence electrons. The van der Waals surface area contributed by atoms with Crippen molar-refractivity contribution in [2.24, 2.45) is 0 Å². The minimum Gasteiger partial charge on any atom is -0.303 e. The molecule has 7 nitrogen and oxygen atoms in total. The number of hydrogen-bond donors (Lipinski definition) is 1. The van der Waals surface area contributed by atoms with Gasteiger partial charge in [0.1, 0.15) is 29.3 Å². The SMILES string of the molecule is C[C@@H]1CC[C@@H](n2c(=O)[nH]c3cnc(-n4cnc5ccc(F)cc54)nc32)c2cc(F)cc(F)c21. The number of H-pyrrole nitrogens is 1. The number of benzene rings is 2. The average molecular weight is 450 g/mol. The van der Waals surface area contributed by atoms with Gasteiger partial charge >= 0.3 is 5.69 Å². The Morgan fingerprint density at radius 1 is 1.06 bits per heavy atom. The zero-order chi connectivity index (χ0) is 22.9. The molecule has 0 fully saturated rings. The normalized spacial score (nSPS) is 18.2. The maximum absolute atomic E-state index is 14.6. The van der Waals surface area contributed by atoms with Crippen LogP contribution in [0, 0.1) is 17.5 Å². The van der Waals surface area contributed by atoms with Gasteiger partial charge in [-0.15, -0.1) is 0 Å². The van der Waals surface area contributed by atoms with Crippen molar-refractivity contribution in [2.45, 2.75) is 31.7 Å². The van der Waals surface area contributed by atoms with Crippen molar-refractivity contribution in [1.29, 1.82) is 0 Å². The van der Waals surface area contributed by atoms with Crippen molar-refractivity contribution < 1.29 is 13.2 Å². The lowest BCUT2D eigenvalue weighted by Crippen LogP contribution is -2.28. The van der Waals surface area contributed by atoms with Crippen LogP contribution in [0.1, 0.15) is 42.9 Å². The first-order chi connectivity index (χ1) is 15.9. The molecule has 0 saturated carbocycles. The minimum atomic E-state index is -0.694. The Labute approximate surface area is 184 Å². The molecule has 1 N–H and O–H groups in total. The maximum Gasteiger partial charge on any atom is 0.328 e. The quantitative estimate of drug-likeness (QED) is 0.433. The molecule has 5 aromatic rings. The van der Waals surface area contributed by atoms with E-state index in [-0.39, 0.29) is 11.9 Å². The highest BCUT2D eigenvalue weighted by molar-refractivity contribution is 5.77. The summed E-state index contributed by atoms with van der Waals surface area (Å²) in [6, 6.07) is 5.76. The van der Waals surface area contributed by atoms with Gasteiger partial charge in [-0.05, 0) is 48.1 Å². The van der Waals surface area contributed by atoms with Crippen LogP contribution >= 0.6 is 0 Å². The summed E-state index contributed by atoms with van der Waals surface area (Å²) in [7, 11) is 0. The smallest absolute Gasteiger partial charge is 0.303 e. The van der Waals surface area contributed by atoms with Crippen LogP contribution in [0.2, 0.25) is 0 Å². The molecule has 3 aromatic heterocycles. The van der Waals surface area contributed by atoms with Crippen LogP contribution in [-0.4, -0.2) is 29.1 Å². The number of imidazole rings is 2. The third-order valence-corrected chi connectivity index (χ3v) is 6.33. The van der Waals surface area contributed by atoms with E-state index in [0.29, 0.717) is 46.2 Å². The molecular weight excluding hydrogens is 433 g/mol. The average Bonchev–Trinajstić information content (AvgIpc) is 3.33. The van der Waals surface area contributed by atoms with Gasteiger partial charge in [-0.1, -0.05) is 6.92 Å². The molecule has 3 heterocycles. The summed E-state index contributed by atoms with van der Waals surface area (Å²) < 4.78 is 45.5. The van der Waals surface area contributed by atoms with Gasteiger partial charge in [-0.3, -0.25) is 9.13 Å². The van der Waals surface area contributed by atoms with Gasteiger partial charge in [0, 0.05) is 12.1 Å². The summed E-state index contributed by atoms with van der Waals surface area (Å²) >= 11 is 0. The zero-order valence-electron chi connectivity index (χ0n) is 17.4. The summed E-state index contributed by atoms with van der Waals surface area (Å²) in [4.78, 5) is 28.8. The van der Waals surface area contributed by atoms with E-state index in [4.69, 9.17) is 0 Å². The summed E-state index contributed by atoms with van der Waals surface area (Å²) in [5.74, 6) is -1.65. The van der Waals surface area contributed by atoms with Crippen molar-refractivity contribution in [3.05, 3.63) is 81.9 Å². The van der Waals surface area contributed by atoms with Crippen molar-refractivity contribution in [1.82, 2.24) is 29.1 Å². The lowest BCUT2D eigenvalue weighted by Gasteiger charge is -2.30. The second-order valence-corrected chi connectivity index (χ2v) is 8.34. The fourth-order valence-electron chi connectivity index (χ4n) is 4.83. The predicted octanol–water partition coefficient (Wildman–Crippen LogP) is 4.36. The van der Waals surface area contributed by atoms with E-state index in [2.05, 4.69) is 19.9 Å². The lowest BCUT2D eigenvalue weighted by molar-refractivity contribution is 0.430. The molecule has 33 heavy (non-hydrogen) atoms. The Balaban J connectivity index is 1.57. The molecule has 2 aromatic carbocycles. The molecule has 10 heteroatoms. The van der Waals surface area contributed by atoms with E-state index in [1.165, 1.54) is 39.9 Å². The molecule has 1 aliphatic rings. The van der Waals surface area contributed by atoms with E-state index in [9.17, 15) is 18.0 Å². The third kappa shape index (κ3) is 2.97. The second kappa shape index (κ2) is 7.03. The van der Waals surface area contributed by atoms with E-state index in [0.717, 1.165) is 6.07 Å². The van der Waals surface area contributed by atoms with Crippen LogP contribution in [0.25, 0.3) is 28.1 Å². The summed E-state index contributed by atoms with van der Waals surface area (Å²) in [5, 5.41) is 0. The number of rotatable bonds is 2. The first-order valence-electron chi connectivity index (χ1n) is 10.5. The molecule has 0 saturated heterocycles. The van der Waals surface area contributed by atoms with Crippen molar-refractivity contribution in [3.63, 3.8) is 0 Å². The topological polar surface area (TPSA) is 81.4 Å². The number of nitrogens with zero attached hydrogens (tertiary/aromatic N) is 5. The van der Waals surface area contributed by atoms with Gasteiger partial charge in [-0.25, -0.2) is 27.9 Å². The summed E-state index contributed by atoms with van der Waals surface area (Å²) in [6.45, 7) is 1.89. The van der Waals surface area contributed by atoms with Crippen LogP contribution in [-0.2, 0) is 0 Å². The summed E-state index contributed by atoms with van der Waals surface area (Å²) in [6.07, 6.45) is 4.08. The highest BCUT2D eigenvalue weighted by Gasteiger charge is 2.32. The molecule has 0 amide bonds. The second-order valence-electron chi connectivity index (χ2n) is 8.34. The van der Waals surface area contributed by atoms with Crippen LogP contribution in [0.15, 0.2) is 47.7 Å². The number of fused-ring (bicyclic) bond motifs is 3. The highest BCUT2D eigenvalue weighted by atomic mass is 19.1. The number of hydrogen-bond acceptors (Lipinski definition) is 4. The number of aromatic amines is 1. The Bertz CT molecular complexity index is 1620. The van der Waals surface area contributed by atoms with Gasteiger partial charge < -0.3 is 4.98 Å². The Hall–Kier alpha value is -3.95.